The molecule has 112 valence electrons. The highest BCUT2D eigenvalue weighted by molar-refractivity contribution is 6.09. The molecule has 0 spiro atoms. The summed E-state index contributed by atoms with van der Waals surface area (Å²) < 4.78 is 29.0. The van der Waals surface area contributed by atoms with Crippen LogP contribution in [0.2, 0.25) is 0 Å². The smallest absolute Gasteiger partial charge is 0.346 e. The van der Waals surface area contributed by atoms with Gasteiger partial charge < -0.3 is 20.4 Å². The van der Waals surface area contributed by atoms with Crippen molar-refractivity contribution in [3.63, 3.8) is 0 Å². The van der Waals surface area contributed by atoms with Gasteiger partial charge in [0.15, 0.2) is 0 Å². The standard InChI is InChI=1S/C10H10F2O8/c1-7(3(13)14)8(2,4(15)16)10(12,6(19)20)9(7,11)5(17)18/h1-2H3,(H,13,14)(H,15,16)(H,17,18)(H,19,20). The van der Waals surface area contributed by atoms with Crippen molar-refractivity contribution in [3.8, 4) is 0 Å². The lowest BCUT2D eigenvalue weighted by Gasteiger charge is -2.63. The molecule has 1 saturated carbocycles. The van der Waals surface area contributed by atoms with Gasteiger partial charge in [0.1, 0.15) is 10.8 Å². The third-order valence-corrected chi connectivity index (χ3v) is 4.30. The fourth-order valence-corrected chi connectivity index (χ4v) is 2.76. The molecule has 0 bridgehead atoms. The second-order valence-corrected chi connectivity index (χ2v) is 4.79. The monoisotopic (exact) mass is 296 g/mol. The molecule has 0 aromatic carbocycles. The van der Waals surface area contributed by atoms with Crippen molar-refractivity contribution in [2.45, 2.75) is 25.2 Å². The minimum Gasteiger partial charge on any atom is -0.481 e. The van der Waals surface area contributed by atoms with Crippen molar-refractivity contribution < 1.29 is 48.4 Å². The molecular formula is C10H10F2O8. The number of aliphatic carboxylic acids is 4. The van der Waals surface area contributed by atoms with Crippen molar-refractivity contribution in [1.29, 1.82) is 0 Å². The van der Waals surface area contributed by atoms with Crippen molar-refractivity contribution in [1.82, 2.24) is 0 Å². The van der Waals surface area contributed by atoms with Crippen LogP contribution in [-0.4, -0.2) is 55.6 Å². The molecule has 0 radical (unpaired) electrons. The maximum Gasteiger partial charge on any atom is 0.346 e. The highest BCUT2D eigenvalue weighted by Crippen LogP contribution is 2.72. The Labute approximate surface area is 109 Å². The molecule has 0 heterocycles. The largest absolute Gasteiger partial charge is 0.481 e. The van der Waals surface area contributed by atoms with Gasteiger partial charge >= 0.3 is 23.9 Å². The Morgan fingerprint density at radius 3 is 0.950 bits per heavy atom. The summed E-state index contributed by atoms with van der Waals surface area (Å²) in [5.74, 6) is -9.96. The zero-order chi connectivity index (χ0) is 16.3. The van der Waals surface area contributed by atoms with Crippen LogP contribution in [0.1, 0.15) is 13.8 Å². The quantitative estimate of drug-likeness (QED) is 0.555. The Morgan fingerprint density at radius 1 is 0.650 bits per heavy atom. The molecule has 4 atom stereocenters. The number of carbonyl (C=O) groups is 4. The highest BCUT2D eigenvalue weighted by Gasteiger charge is 2.99. The third kappa shape index (κ3) is 1.03. The average molecular weight is 296 g/mol. The lowest BCUT2D eigenvalue weighted by molar-refractivity contribution is -0.306. The van der Waals surface area contributed by atoms with Crippen LogP contribution >= 0.6 is 0 Å². The number of halogens is 2. The van der Waals surface area contributed by atoms with Crippen LogP contribution in [0.25, 0.3) is 0 Å². The van der Waals surface area contributed by atoms with Gasteiger partial charge in [-0.1, -0.05) is 0 Å². The fraction of sp³-hybridized carbons (Fsp3) is 0.600. The number of hydrogen-bond acceptors (Lipinski definition) is 4. The van der Waals surface area contributed by atoms with Crippen LogP contribution in [-0.2, 0) is 19.2 Å². The molecule has 4 N–H and O–H groups in total. The van der Waals surface area contributed by atoms with Gasteiger partial charge in [-0.15, -0.1) is 0 Å². The Balaban J connectivity index is 3.86. The van der Waals surface area contributed by atoms with E-state index in [2.05, 4.69) is 0 Å². The topological polar surface area (TPSA) is 149 Å². The summed E-state index contributed by atoms with van der Waals surface area (Å²) in [5, 5.41) is 35.4. The molecule has 0 saturated heterocycles. The van der Waals surface area contributed by atoms with E-state index in [-0.39, 0.29) is 0 Å². The summed E-state index contributed by atoms with van der Waals surface area (Å²) >= 11 is 0. The zero-order valence-corrected chi connectivity index (χ0v) is 10.2. The number of carboxylic acids is 4. The second-order valence-electron chi connectivity index (χ2n) is 4.79. The number of carboxylic acid groups (broad SMARTS) is 4. The molecule has 1 aliphatic rings. The first kappa shape index (κ1) is 15.8. The zero-order valence-electron chi connectivity index (χ0n) is 10.2. The fourth-order valence-electron chi connectivity index (χ4n) is 2.76. The Kier molecular flexibility index (Phi) is 2.88. The first-order chi connectivity index (χ1) is 8.77. The van der Waals surface area contributed by atoms with Crippen molar-refractivity contribution in [2.75, 3.05) is 0 Å². The van der Waals surface area contributed by atoms with E-state index >= 15 is 0 Å². The van der Waals surface area contributed by atoms with E-state index in [1.54, 1.807) is 0 Å². The van der Waals surface area contributed by atoms with E-state index in [4.69, 9.17) is 20.4 Å². The van der Waals surface area contributed by atoms with E-state index in [1.165, 1.54) is 0 Å². The summed E-state index contributed by atoms with van der Waals surface area (Å²) in [6.07, 6.45) is 0. The molecule has 0 aliphatic heterocycles. The maximum atomic E-state index is 14.5. The first-order valence-electron chi connectivity index (χ1n) is 5.09. The molecule has 0 amide bonds. The molecule has 1 rings (SSSR count). The molecule has 1 fully saturated rings. The van der Waals surface area contributed by atoms with Gasteiger partial charge in [0.25, 0.3) is 11.3 Å². The average Bonchev–Trinajstić information content (AvgIpc) is 2.33. The van der Waals surface area contributed by atoms with Crippen molar-refractivity contribution in [3.05, 3.63) is 0 Å². The maximum absolute atomic E-state index is 14.5. The number of alkyl halides is 2. The van der Waals surface area contributed by atoms with Gasteiger partial charge in [0.2, 0.25) is 0 Å². The third-order valence-electron chi connectivity index (χ3n) is 4.30. The minimum atomic E-state index is -4.44. The lowest BCUT2D eigenvalue weighted by Crippen LogP contribution is -2.90. The van der Waals surface area contributed by atoms with Crippen LogP contribution in [0.3, 0.4) is 0 Å². The van der Waals surface area contributed by atoms with E-state index in [9.17, 15) is 28.0 Å². The van der Waals surface area contributed by atoms with E-state index in [0.717, 1.165) is 0 Å². The molecule has 8 nitrogen and oxygen atoms in total. The van der Waals surface area contributed by atoms with Gasteiger partial charge in [-0.25, -0.2) is 18.4 Å². The molecule has 20 heavy (non-hydrogen) atoms. The van der Waals surface area contributed by atoms with Crippen LogP contribution in [0, 0.1) is 10.8 Å². The van der Waals surface area contributed by atoms with E-state index < -0.39 is 46.0 Å². The van der Waals surface area contributed by atoms with Crippen molar-refractivity contribution >= 4 is 23.9 Å². The van der Waals surface area contributed by atoms with Gasteiger partial charge in [-0.05, 0) is 13.8 Å². The van der Waals surface area contributed by atoms with Gasteiger partial charge in [-0.3, -0.25) is 9.59 Å². The second kappa shape index (κ2) is 3.64. The lowest BCUT2D eigenvalue weighted by atomic mass is 9.35. The Hall–Kier alpha value is -2.26. The highest BCUT2D eigenvalue weighted by atomic mass is 19.2. The van der Waals surface area contributed by atoms with E-state index in [0.29, 0.717) is 13.8 Å². The molecule has 10 heteroatoms. The summed E-state index contributed by atoms with van der Waals surface area (Å²) in [7, 11) is 0. The summed E-state index contributed by atoms with van der Waals surface area (Å²) in [4.78, 5) is 44.1. The van der Waals surface area contributed by atoms with Crippen LogP contribution in [0.15, 0.2) is 0 Å². The Bertz CT molecular complexity index is 435. The molecule has 0 aromatic rings. The summed E-state index contributed by atoms with van der Waals surface area (Å²) in [6, 6.07) is 0. The van der Waals surface area contributed by atoms with Crippen LogP contribution < -0.4 is 0 Å². The number of rotatable bonds is 4. The first-order valence-corrected chi connectivity index (χ1v) is 5.09. The predicted octanol–water partition coefficient (Wildman–Crippen LogP) is -0.232. The van der Waals surface area contributed by atoms with Crippen LogP contribution in [0.4, 0.5) is 8.78 Å². The summed E-state index contributed by atoms with van der Waals surface area (Å²) in [5.41, 5.74) is -15.5. The van der Waals surface area contributed by atoms with Gasteiger partial charge in [0, 0.05) is 0 Å². The molecular weight excluding hydrogens is 286 g/mol. The predicted molar refractivity (Wildman–Crippen MR) is 54.4 cm³/mol. The minimum absolute atomic E-state index is 0.346. The number of hydrogen-bond donors (Lipinski definition) is 4. The SMILES string of the molecule is CC1(C(=O)O)C(C)(C(=O)O)C(F)(C(=O)O)C1(F)C(=O)O. The molecule has 0 aromatic heterocycles. The van der Waals surface area contributed by atoms with E-state index in [1.807, 2.05) is 0 Å². The molecule has 1 aliphatic carbocycles. The van der Waals surface area contributed by atoms with Crippen molar-refractivity contribution in [2.24, 2.45) is 10.8 Å². The normalized spacial score (nSPS) is 43.4. The summed E-state index contributed by atoms with van der Waals surface area (Å²) in [6.45, 7) is 0.691. The van der Waals surface area contributed by atoms with Gasteiger partial charge in [-0.2, -0.15) is 0 Å². The molecule has 4 unspecified atom stereocenters. The Morgan fingerprint density at radius 2 is 0.850 bits per heavy atom. The van der Waals surface area contributed by atoms with Gasteiger partial charge in [0.05, 0.1) is 0 Å². The van der Waals surface area contributed by atoms with Crippen LogP contribution in [0.5, 0.6) is 0 Å².